The van der Waals surface area contributed by atoms with Crippen molar-refractivity contribution in [3.8, 4) is 5.75 Å². The third-order valence-corrected chi connectivity index (χ3v) is 3.86. The number of hydrogen-bond donors (Lipinski definition) is 2. The molecule has 0 aliphatic carbocycles. The van der Waals surface area contributed by atoms with E-state index in [9.17, 15) is 5.11 Å². The third kappa shape index (κ3) is 1.53. The maximum atomic E-state index is 9.80. The van der Waals surface area contributed by atoms with Crippen molar-refractivity contribution in [2.75, 3.05) is 5.32 Å². The minimum atomic E-state index is 0.110. The average molecular weight is 229 g/mol. The average Bonchev–Trinajstić information content (AvgIpc) is 2.73. The maximum absolute atomic E-state index is 9.80. The molecule has 0 spiro atoms. The van der Waals surface area contributed by atoms with Gasteiger partial charge in [0, 0.05) is 16.1 Å². The van der Waals surface area contributed by atoms with E-state index in [1.165, 1.54) is 4.90 Å². The first-order valence-electron chi connectivity index (χ1n) is 5.15. The molecule has 1 aliphatic rings. The zero-order chi connectivity index (χ0) is 11.0. The molecule has 16 heavy (non-hydrogen) atoms. The highest BCUT2D eigenvalue weighted by molar-refractivity contribution is 8.00. The van der Waals surface area contributed by atoms with Gasteiger partial charge in [0.1, 0.15) is 11.1 Å². The van der Waals surface area contributed by atoms with Crippen LogP contribution < -0.4 is 5.32 Å². The van der Waals surface area contributed by atoms with Gasteiger partial charge in [-0.25, -0.2) is 0 Å². The molecule has 80 valence electrons. The van der Waals surface area contributed by atoms with Crippen molar-refractivity contribution in [1.82, 2.24) is 0 Å². The Morgan fingerprint density at radius 2 is 1.75 bits per heavy atom. The summed E-state index contributed by atoms with van der Waals surface area (Å²) in [6.07, 6.45) is 0. The van der Waals surface area contributed by atoms with Crippen LogP contribution in [0, 0.1) is 0 Å². The fourth-order valence-corrected chi connectivity index (χ4v) is 3.01. The van der Waals surface area contributed by atoms with E-state index in [0.717, 1.165) is 11.3 Å². The lowest BCUT2D eigenvalue weighted by atomic mass is 10.2. The maximum Gasteiger partial charge on any atom is 0.121 e. The van der Waals surface area contributed by atoms with Gasteiger partial charge in [-0.1, -0.05) is 42.1 Å². The van der Waals surface area contributed by atoms with E-state index in [1.54, 1.807) is 17.8 Å². The molecule has 0 radical (unpaired) electrons. The van der Waals surface area contributed by atoms with E-state index in [0.29, 0.717) is 5.75 Å². The molecule has 2 nitrogen and oxygen atoms in total. The van der Waals surface area contributed by atoms with Crippen LogP contribution in [-0.2, 0) is 0 Å². The van der Waals surface area contributed by atoms with Crippen LogP contribution in [0.1, 0.15) is 10.9 Å². The summed E-state index contributed by atoms with van der Waals surface area (Å²) >= 11 is 1.73. The van der Waals surface area contributed by atoms with Gasteiger partial charge < -0.3 is 10.4 Å². The summed E-state index contributed by atoms with van der Waals surface area (Å²) in [5.74, 6) is 0.348. The number of fused-ring (bicyclic) bond motifs is 1. The van der Waals surface area contributed by atoms with Crippen molar-refractivity contribution in [1.29, 1.82) is 0 Å². The number of nitrogens with one attached hydrogen (secondary N) is 1. The standard InChI is InChI=1S/C13H11NOS/c15-11-7-3-1-5-9(11)13-14-10-6-2-4-8-12(10)16-13/h1-8,13-15H/t13-/m0/s1. The quantitative estimate of drug-likeness (QED) is 0.783. The molecule has 0 aromatic heterocycles. The van der Waals surface area contributed by atoms with Crippen molar-refractivity contribution in [2.45, 2.75) is 10.3 Å². The largest absolute Gasteiger partial charge is 0.508 e. The third-order valence-electron chi connectivity index (χ3n) is 2.64. The number of phenols is 1. The zero-order valence-corrected chi connectivity index (χ0v) is 9.37. The normalized spacial score (nSPS) is 17.9. The number of para-hydroxylation sites is 2. The smallest absolute Gasteiger partial charge is 0.121 e. The predicted octanol–water partition coefficient (Wildman–Crippen LogP) is 3.61. The molecule has 2 aromatic carbocycles. The molecule has 3 heteroatoms. The molecule has 0 saturated carbocycles. The summed E-state index contributed by atoms with van der Waals surface area (Å²) in [4.78, 5) is 1.23. The van der Waals surface area contributed by atoms with Crippen molar-refractivity contribution in [3.05, 3.63) is 54.1 Å². The molecule has 3 rings (SSSR count). The lowest BCUT2D eigenvalue weighted by Crippen LogP contribution is -2.00. The van der Waals surface area contributed by atoms with Crippen LogP contribution in [0.2, 0.25) is 0 Å². The fraction of sp³-hybridized carbons (Fsp3) is 0.0769. The Morgan fingerprint density at radius 1 is 1.00 bits per heavy atom. The van der Waals surface area contributed by atoms with Crippen molar-refractivity contribution in [2.24, 2.45) is 0 Å². The highest BCUT2D eigenvalue weighted by Gasteiger charge is 2.23. The molecular weight excluding hydrogens is 218 g/mol. The number of anilines is 1. The van der Waals surface area contributed by atoms with E-state index in [1.807, 2.05) is 30.3 Å². The monoisotopic (exact) mass is 229 g/mol. The van der Waals surface area contributed by atoms with Gasteiger partial charge in [-0.15, -0.1) is 0 Å². The Morgan fingerprint density at radius 3 is 2.56 bits per heavy atom. The van der Waals surface area contributed by atoms with Crippen LogP contribution in [0.25, 0.3) is 0 Å². The predicted molar refractivity (Wildman–Crippen MR) is 66.8 cm³/mol. The van der Waals surface area contributed by atoms with Gasteiger partial charge in [-0.05, 0) is 18.2 Å². The molecule has 2 aromatic rings. The van der Waals surface area contributed by atoms with Crippen LogP contribution in [-0.4, -0.2) is 5.11 Å². The highest BCUT2D eigenvalue weighted by atomic mass is 32.2. The van der Waals surface area contributed by atoms with Gasteiger partial charge in [0.05, 0.1) is 0 Å². The van der Waals surface area contributed by atoms with Crippen LogP contribution in [0.4, 0.5) is 5.69 Å². The Hall–Kier alpha value is -1.61. The minimum Gasteiger partial charge on any atom is -0.508 e. The van der Waals surface area contributed by atoms with E-state index in [-0.39, 0.29) is 5.37 Å². The molecule has 1 atom stereocenters. The lowest BCUT2D eigenvalue weighted by molar-refractivity contribution is 0.469. The molecule has 1 aliphatic heterocycles. The van der Waals surface area contributed by atoms with Crippen LogP contribution >= 0.6 is 11.8 Å². The number of rotatable bonds is 1. The van der Waals surface area contributed by atoms with E-state index in [4.69, 9.17) is 0 Å². The van der Waals surface area contributed by atoms with Crippen molar-refractivity contribution in [3.63, 3.8) is 0 Å². The molecule has 0 unspecified atom stereocenters. The number of hydrogen-bond acceptors (Lipinski definition) is 3. The summed E-state index contributed by atoms with van der Waals surface area (Å²) in [7, 11) is 0. The van der Waals surface area contributed by atoms with Crippen molar-refractivity contribution < 1.29 is 5.11 Å². The van der Waals surface area contributed by atoms with Gasteiger partial charge in [-0.3, -0.25) is 0 Å². The molecule has 2 N–H and O–H groups in total. The van der Waals surface area contributed by atoms with E-state index < -0.39 is 0 Å². The molecule has 0 amide bonds. The minimum absolute atomic E-state index is 0.110. The second-order valence-corrected chi connectivity index (χ2v) is 4.84. The topological polar surface area (TPSA) is 32.3 Å². The second-order valence-electron chi connectivity index (χ2n) is 3.70. The van der Waals surface area contributed by atoms with Gasteiger partial charge in [-0.2, -0.15) is 0 Å². The Bertz CT molecular complexity index is 502. The Balaban J connectivity index is 1.95. The van der Waals surface area contributed by atoms with Gasteiger partial charge in [0.25, 0.3) is 0 Å². The van der Waals surface area contributed by atoms with Crippen LogP contribution in [0.3, 0.4) is 0 Å². The summed E-state index contributed by atoms with van der Waals surface area (Å²) in [6.45, 7) is 0. The van der Waals surface area contributed by atoms with E-state index in [2.05, 4.69) is 17.4 Å². The van der Waals surface area contributed by atoms with Crippen molar-refractivity contribution >= 4 is 17.4 Å². The van der Waals surface area contributed by atoms with Crippen LogP contribution in [0.5, 0.6) is 5.75 Å². The number of thioether (sulfide) groups is 1. The summed E-state index contributed by atoms with van der Waals surface area (Å²) in [5, 5.41) is 13.3. The number of phenolic OH excluding ortho intramolecular Hbond substituents is 1. The molecular formula is C13H11NOS. The lowest BCUT2D eigenvalue weighted by Gasteiger charge is -2.11. The van der Waals surface area contributed by atoms with Crippen LogP contribution in [0.15, 0.2) is 53.4 Å². The zero-order valence-electron chi connectivity index (χ0n) is 8.55. The SMILES string of the molecule is Oc1ccccc1[C@H]1Nc2ccccc2S1. The summed E-state index contributed by atoms with van der Waals surface area (Å²) < 4.78 is 0. The number of aromatic hydroxyl groups is 1. The Kier molecular flexibility index (Phi) is 2.26. The first-order chi connectivity index (χ1) is 7.84. The summed E-state index contributed by atoms with van der Waals surface area (Å²) in [6, 6.07) is 15.6. The Labute approximate surface area is 98.3 Å². The van der Waals surface area contributed by atoms with Gasteiger partial charge in [0.2, 0.25) is 0 Å². The number of benzene rings is 2. The van der Waals surface area contributed by atoms with E-state index >= 15 is 0 Å². The first-order valence-corrected chi connectivity index (χ1v) is 6.03. The second kappa shape index (κ2) is 3.76. The fourth-order valence-electron chi connectivity index (χ4n) is 1.84. The molecule has 0 fully saturated rings. The highest BCUT2D eigenvalue weighted by Crippen LogP contribution is 2.47. The summed E-state index contributed by atoms with van der Waals surface area (Å²) in [5.41, 5.74) is 2.07. The van der Waals surface area contributed by atoms with Gasteiger partial charge >= 0.3 is 0 Å². The molecule has 0 saturated heterocycles. The van der Waals surface area contributed by atoms with Gasteiger partial charge in [0.15, 0.2) is 0 Å². The molecule has 0 bridgehead atoms. The molecule has 1 heterocycles. The first kappa shape index (κ1) is 9.60.